The number of allylic oxidation sites excluding steroid dienone is 1. The molecule has 1 saturated heterocycles. The zero-order valence-electron chi connectivity index (χ0n) is 15.5. The SMILES string of the molecule is CC(C)(C)OC(=O)N1CC=CCC(B2OC(C)(C)C(C)(C)O2)C1. The fourth-order valence-electron chi connectivity index (χ4n) is 2.66. The van der Waals surface area contributed by atoms with Gasteiger partial charge in [0.15, 0.2) is 0 Å². The smallest absolute Gasteiger partial charge is 0.444 e. The lowest BCUT2D eigenvalue weighted by atomic mass is 9.70. The molecule has 0 radical (unpaired) electrons. The lowest BCUT2D eigenvalue weighted by molar-refractivity contribution is 0.00578. The average Bonchev–Trinajstić information content (AvgIpc) is 2.56. The summed E-state index contributed by atoms with van der Waals surface area (Å²) >= 11 is 0. The Balaban J connectivity index is 2.07. The van der Waals surface area contributed by atoms with Crippen LogP contribution in [0.15, 0.2) is 12.2 Å². The molecule has 0 spiro atoms. The Morgan fingerprint density at radius 1 is 1.17 bits per heavy atom. The highest BCUT2D eigenvalue weighted by atomic mass is 16.7. The van der Waals surface area contributed by atoms with E-state index in [1.807, 2.05) is 54.5 Å². The summed E-state index contributed by atoms with van der Waals surface area (Å²) in [5, 5.41) is 0. The van der Waals surface area contributed by atoms with Gasteiger partial charge >= 0.3 is 13.2 Å². The quantitative estimate of drug-likeness (QED) is 0.546. The topological polar surface area (TPSA) is 48.0 Å². The predicted octanol–water partition coefficient (Wildman–Crippen LogP) is 3.65. The molecule has 2 heterocycles. The summed E-state index contributed by atoms with van der Waals surface area (Å²) in [6.45, 7) is 15.0. The van der Waals surface area contributed by atoms with Crippen molar-refractivity contribution in [2.45, 2.75) is 77.5 Å². The van der Waals surface area contributed by atoms with Crippen LogP contribution >= 0.6 is 0 Å². The molecule has 1 fully saturated rings. The van der Waals surface area contributed by atoms with Crippen LogP contribution in [0.1, 0.15) is 54.9 Å². The summed E-state index contributed by atoms with van der Waals surface area (Å²) in [5.74, 6) is 0.0994. The number of amides is 1. The largest absolute Gasteiger partial charge is 0.463 e. The zero-order chi connectivity index (χ0) is 17.5. The fourth-order valence-corrected chi connectivity index (χ4v) is 2.66. The van der Waals surface area contributed by atoms with Crippen molar-refractivity contribution < 1.29 is 18.8 Å². The lowest BCUT2D eigenvalue weighted by Crippen LogP contribution is -2.41. The second kappa shape index (κ2) is 6.13. The molecule has 0 aromatic rings. The van der Waals surface area contributed by atoms with E-state index in [2.05, 4.69) is 6.08 Å². The van der Waals surface area contributed by atoms with Crippen LogP contribution in [0.4, 0.5) is 4.79 Å². The lowest BCUT2D eigenvalue weighted by Gasteiger charge is -2.32. The van der Waals surface area contributed by atoms with E-state index in [4.69, 9.17) is 14.0 Å². The molecule has 1 amide bonds. The summed E-state index contributed by atoms with van der Waals surface area (Å²) in [4.78, 5) is 14.1. The molecule has 6 heteroatoms. The molecule has 0 aromatic heterocycles. The molecule has 130 valence electrons. The molecule has 0 saturated carbocycles. The Morgan fingerprint density at radius 3 is 2.26 bits per heavy atom. The van der Waals surface area contributed by atoms with Gasteiger partial charge in [0.1, 0.15) is 5.60 Å². The minimum Gasteiger partial charge on any atom is -0.444 e. The normalized spacial score (nSPS) is 27.0. The first kappa shape index (κ1) is 18.3. The zero-order valence-corrected chi connectivity index (χ0v) is 15.5. The first-order valence-electron chi connectivity index (χ1n) is 8.40. The minimum atomic E-state index is -0.493. The Bertz CT molecular complexity index is 465. The van der Waals surface area contributed by atoms with Crippen LogP contribution in [0.3, 0.4) is 0 Å². The molecule has 2 aliphatic rings. The van der Waals surface area contributed by atoms with E-state index in [1.165, 1.54) is 0 Å². The Morgan fingerprint density at radius 2 is 1.74 bits per heavy atom. The second-order valence-corrected chi connectivity index (χ2v) is 8.48. The van der Waals surface area contributed by atoms with Crippen LogP contribution in [-0.2, 0) is 14.0 Å². The molecule has 5 nitrogen and oxygen atoms in total. The molecule has 0 aromatic carbocycles. The molecule has 1 atom stereocenters. The number of carbonyl (C=O) groups is 1. The monoisotopic (exact) mass is 323 g/mol. The van der Waals surface area contributed by atoms with Gasteiger partial charge in [-0.3, -0.25) is 0 Å². The van der Waals surface area contributed by atoms with Gasteiger partial charge in [0.05, 0.1) is 11.2 Å². The van der Waals surface area contributed by atoms with Gasteiger partial charge in [0, 0.05) is 18.9 Å². The second-order valence-electron chi connectivity index (χ2n) is 8.48. The Labute approximate surface area is 140 Å². The molecule has 2 aliphatic heterocycles. The number of carbonyl (C=O) groups excluding carboxylic acids is 1. The Kier molecular flexibility index (Phi) is 4.89. The van der Waals surface area contributed by atoms with Gasteiger partial charge in [-0.1, -0.05) is 12.2 Å². The van der Waals surface area contributed by atoms with Gasteiger partial charge in [0.25, 0.3) is 0 Å². The summed E-state index contributed by atoms with van der Waals surface area (Å²) in [5.41, 5.74) is -1.21. The molecule has 23 heavy (non-hydrogen) atoms. The van der Waals surface area contributed by atoms with Gasteiger partial charge in [-0.15, -0.1) is 0 Å². The third-order valence-corrected chi connectivity index (χ3v) is 4.69. The first-order valence-corrected chi connectivity index (χ1v) is 8.40. The number of hydrogen-bond acceptors (Lipinski definition) is 4. The standard InChI is InChI=1S/C17H30BNO4/c1-15(2,3)21-14(20)19-11-9-8-10-13(12-19)18-22-16(4,5)17(6,7)23-18/h8-9,13H,10-12H2,1-7H3. The van der Waals surface area contributed by atoms with E-state index in [0.717, 1.165) is 6.42 Å². The van der Waals surface area contributed by atoms with E-state index in [-0.39, 0.29) is 30.2 Å². The van der Waals surface area contributed by atoms with E-state index >= 15 is 0 Å². The average molecular weight is 323 g/mol. The van der Waals surface area contributed by atoms with Crippen molar-refractivity contribution in [3.8, 4) is 0 Å². The maximum atomic E-state index is 12.4. The van der Waals surface area contributed by atoms with E-state index in [9.17, 15) is 4.79 Å². The van der Waals surface area contributed by atoms with Crippen molar-refractivity contribution in [2.75, 3.05) is 13.1 Å². The third-order valence-electron chi connectivity index (χ3n) is 4.69. The molecule has 0 aliphatic carbocycles. The van der Waals surface area contributed by atoms with Crippen LogP contribution in [-0.4, -0.2) is 48.0 Å². The highest BCUT2D eigenvalue weighted by Gasteiger charge is 2.53. The van der Waals surface area contributed by atoms with E-state index in [1.54, 1.807) is 4.90 Å². The predicted molar refractivity (Wildman–Crippen MR) is 91.4 cm³/mol. The van der Waals surface area contributed by atoms with Crippen LogP contribution in [0.5, 0.6) is 0 Å². The maximum absolute atomic E-state index is 12.4. The van der Waals surface area contributed by atoms with Crippen molar-refractivity contribution in [3.05, 3.63) is 12.2 Å². The van der Waals surface area contributed by atoms with Crippen LogP contribution in [0, 0.1) is 0 Å². The number of nitrogens with zero attached hydrogens (tertiary/aromatic N) is 1. The van der Waals surface area contributed by atoms with Gasteiger partial charge in [-0.25, -0.2) is 4.79 Å². The molecule has 0 bridgehead atoms. The molecular formula is C17H30BNO4. The third kappa shape index (κ3) is 4.30. The van der Waals surface area contributed by atoms with Crippen LogP contribution in [0.25, 0.3) is 0 Å². The number of hydrogen-bond donors (Lipinski definition) is 0. The van der Waals surface area contributed by atoms with Crippen LogP contribution in [0.2, 0.25) is 5.82 Å². The summed E-state index contributed by atoms with van der Waals surface area (Å²) in [7, 11) is -0.312. The van der Waals surface area contributed by atoms with Crippen molar-refractivity contribution in [1.29, 1.82) is 0 Å². The minimum absolute atomic E-state index is 0.0994. The highest BCUT2D eigenvalue weighted by molar-refractivity contribution is 6.47. The Hall–Kier alpha value is -1.01. The molecule has 2 rings (SSSR count). The van der Waals surface area contributed by atoms with Gasteiger partial charge in [-0.2, -0.15) is 0 Å². The summed E-state index contributed by atoms with van der Waals surface area (Å²) < 4.78 is 17.8. The number of rotatable bonds is 1. The van der Waals surface area contributed by atoms with Gasteiger partial charge < -0.3 is 18.9 Å². The molecule has 0 N–H and O–H groups in total. The summed E-state index contributed by atoms with van der Waals surface area (Å²) in [6, 6.07) is 0. The first-order chi connectivity index (χ1) is 10.4. The van der Waals surface area contributed by atoms with E-state index < -0.39 is 5.60 Å². The number of ether oxygens (including phenoxy) is 1. The highest BCUT2D eigenvalue weighted by Crippen LogP contribution is 2.41. The molecule has 1 unspecified atom stereocenters. The van der Waals surface area contributed by atoms with E-state index in [0.29, 0.717) is 13.1 Å². The maximum Gasteiger partial charge on any atom is 0.463 e. The van der Waals surface area contributed by atoms with Gasteiger partial charge in [-0.05, 0) is 54.9 Å². The summed E-state index contributed by atoms with van der Waals surface area (Å²) in [6.07, 6.45) is 4.65. The van der Waals surface area contributed by atoms with Crippen molar-refractivity contribution in [2.24, 2.45) is 0 Å². The van der Waals surface area contributed by atoms with Gasteiger partial charge in [0.2, 0.25) is 0 Å². The van der Waals surface area contributed by atoms with Crippen LogP contribution < -0.4 is 0 Å². The van der Waals surface area contributed by atoms with Crippen molar-refractivity contribution in [1.82, 2.24) is 4.90 Å². The molecular weight excluding hydrogens is 293 g/mol. The van der Waals surface area contributed by atoms with Crippen molar-refractivity contribution >= 4 is 13.2 Å². The fraction of sp³-hybridized carbons (Fsp3) is 0.824. The van der Waals surface area contributed by atoms with Crippen molar-refractivity contribution in [3.63, 3.8) is 0 Å².